The van der Waals surface area contributed by atoms with E-state index in [1.807, 2.05) is 0 Å². The maximum Gasteiger partial charge on any atom is 0.168 e. The summed E-state index contributed by atoms with van der Waals surface area (Å²) in [6.07, 6.45) is 61.9. The van der Waals surface area contributed by atoms with E-state index >= 15 is 0 Å². The van der Waals surface area contributed by atoms with E-state index in [0.29, 0.717) is 0 Å². The molecule has 0 unspecified atom stereocenters. The average molecular weight is 1010 g/mol. The minimum Gasteiger partial charge on any atom is -1.00 e. The number of nitrogens with zero attached hydrogens (tertiary/aromatic N) is 3. The van der Waals surface area contributed by atoms with Crippen LogP contribution >= 0.6 is 0 Å². The normalized spacial score (nSPS) is 11.1. The molecule has 0 amide bonds. The Labute approximate surface area is 429 Å². The van der Waals surface area contributed by atoms with Gasteiger partial charge in [-0.3, -0.25) is 0 Å². The van der Waals surface area contributed by atoms with E-state index in [4.69, 9.17) is 0 Å². The summed E-state index contributed by atoms with van der Waals surface area (Å²) in [7, 11) is 11.7. The largest absolute Gasteiger partial charge is 1.00 e. The first-order valence-corrected chi connectivity index (χ1v) is 28.2. The number of hydrogen-bond donors (Lipinski definition) is 0. The molecule has 0 saturated heterocycles. The molecule has 6 heteroatoms. The Morgan fingerprint density at radius 2 is 0.500 bits per heavy atom. The van der Waals surface area contributed by atoms with Gasteiger partial charge in [0, 0.05) is 18.6 Å². The van der Waals surface area contributed by atoms with Crippen molar-refractivity contribution >= 4 is 0 Å². The van der Waals surface area contributed by atoms with Gasteiger partial charge in [0.15, 0.2) is 12.4 Å². The van der Waals surface area contributed by atoms with Gasteiger partial charge in [-0.1, -0.05) is 239 Å². The Bertz CT molecular complexity index is 908. The second-order valence-corrected chi connectivity index (χ2v) is 21.2. The maximum atomic E-state index is 2.41. The summed E-state index contributed by atoms with van der Waals surface area (Å²) >= 11 is 0. The zero-order valence-electron chi connectivity index (χ0n) is 45.5. The smallest absolute Gasteiger partial charge is 0.168 e. The van der Waals surface area contributed by atoms with E-state index in [0.717, 1.165) is 4.48 Å². The van der Waals surface area contributed by atoms with Crippen LogP contribution in [0.15, 0.2) is 30.6 Å². The first-order valence-electron chi connectivity index (χ1n) is 28.2. The van der Waals surface area contributed by atoms with Gasteiger partial charge < -0.3 is 50.8 Å². The molecule has 0 N–H and O–H groups in total. The fourth-order valence-electron chi connectivity index (χ4n) is 8.61. The molecule has 0 spiro atoms. The van der Waals surface area contributed by atoms with Crippen molar-refractivity contribution in [3.8, 4) is 0 Å². The zero-order chi connectivity index (χ0) is 45.2. The van der Waals surface area contributed by atoms with Gasteiger partial charge in [0.1, 0.15) is 6.54 Å². The van der Waals surface area contributed by atoms with E-state index in [2.05, 4.69) is 98.1 Å². The Hall–Kier alpha value is 0.130. The molecule has 0 bridgehead atoms. The van der Waals surface area contributed by atoms with Gasteiger partial charge in [0.05, 0.1) is 54.9 Å². The third-order valence-corrected chi connectivity index (χ3v) is 13.0. The quantitative estimate of drug-likeness (QED) is 0.0349. The van der Waals surface area contributed by atoms with Crippen LogP contribution in [-0.2, 0) is 6.54 Å². The Kier molecular flexibility index (Phi) is 67.7. The molecule has 0 aromatic carbocycles. The number of aromatic nitrogens is 1. The van der Waals surface area contributed by atoms with Gasteiger partial charge in [-0.2, -0.15) is 0 Å². The molecule has 1 aromatic heterocycles. The molecule has 0 aliphatic heterocycles. The van der Waals surface area contributed by atoms with E-state index in [1.165, 1.54) is 287 Å². The van der Waals surface area contributed by atoms with Gasteiger partial charge in [-0.25, -0.2) is 4.57 Å². The number of pyridine rings is 1. The first kappa shape index (κ1) is 73.1. The van der Waals surface area contributed by atoms with E-state index in [-0.39, 0.29) is 41.8 Å². The van der Waals surface area contributed by atoms with Crippen LogP contribution in [0.5, 0.6) is 0 Å². The monoisotopic (exact) mass is 1010 g/mol. The minimum absolute atomic E-state index is 0. The number of rotatable bonds is 44. The third kappa shape index (κ3) is 66.4. The van der Waals surface area contributed by atoms with Crippen molar-refractivity contribution in [2.45, 2.75) is 291 Å². The summed E-state index contributed by atoms with van der Waals surface area (Å²) in [5.41, 5.74) is 0. The summed E-state index contributed by atoms with van der Waals surface area (Å²) in [6.45, 7) is 14.4. The highest BCUT2D eigenvalue weighted by Crippen LogP contribution is 2.15. The number of halogens is 3. The molecule has 0 radical (unpaired) electrons. The van der Waals surface area contributed by atoms with Gasteiger partial charge in [-0.15, -0.1) is 0 Å². The maximum absolute atomic E-state index is 2.41. The highest BCUT2D eigenvalue weighted by atomic mass is 79.9. The zero-order valence-corrected chi connectivity index (χ0v) is 48.6. The third-order valence-electron chi connectivity index (χ3n) is 13.0. The number of unbranched alkanes of at least 4 members (excludes halogenated alkanes) is 36. The first-order chi connectivity index (χ1) is 29.6. The number of quaternary nitrogens is 2. The number of hydrogen-bond acceptors (Lipinski definition) is 0. The lowest BCUT2D eigenvalue weighted by atomic mass is 10.0. The summed E-state index contributed by atoms with van der Waals surface area (Å²) < 4.78 is 4.65. The van der Waals surface area contributed by atoms with Crippen LogP contribution in [0.3, 0.4) is 0 Å². The summed E-state index contributed by atoms with van der Waals surface area (Å²) in [5, 5.41) is 0. The molecule has 64 heavy (non-hydrogen) atoms. The SMILES string of the molecule is CCCCCCCCCCCCCCCC[N+](C)(C)C.CCCCCCCCCCCCCCCC[n+]1ccccc1.CCCCCCCC[N+](C)(C)CCCCCCCC.[Br-].[Cl-].[Cl-]. The lowest BCUT2D eigenvalue weighted by Gasteiger charge is -2.30. The fraction of sp³-hybridized carbons (Fsp3) is 0.914. The highest BCUT2D eigenvalue weighted by molar-refractivity contribution is 4.83. The van der Waals surface area contributed by atoms with Gasteiger partial charge in [0.25, 0.3) is 0 Å². The molecule has 0 aliphatic rings. The molecule has 0 fully saturated rings. The minimum atomic E-state index is 0. The summed E-state index contributed by atoms with van der Waals surface area (Å²) in [4.78, 5) is 0. The van der Waals surface area contributed by atoms with Crippen molar-refractivity contribution in [2.75, 3.05) is 54.9 Å². The standard InChI is InChI=1S/C21H38N.C19H42N.C18H40N.BrH.2ClH/c1-2-3-4-5-6-7-8-9-10-11-12-13-14-16-19-22-20-17-15-18-21-22;1-5-6-7-8-9-10-11-12-13-14-15-16-17-18-19-20(2,3)4;1-5-7-9-11-13-15-17-19(3,4)18-16-14-12-10-8-6-2;;;/h15,17-18,20-21H,2-14,16,19H2,1H3;5-19H2,1-4H3;5-18H2,1-4H3;3*1H/q3*+1;;;/p-3. The van der Waals surface area contributed by atoms with Gasteiger partial charge in [-0.05, 0) is 44.9 Å². The van der Waals surface area contributed by atoms with Crippen molar-refractivity contribution in [1.82, 2.24) is 0 Å². The van der Waals surface area contributed by atoms with Crippen molar-refractivity contribution in [1.29, 1.82) is 0 Å². The molecular formula is C58H120BrCl2N3. The van der Waals surface area contributed by atoms with Crippen LogP contribution in [0.1, 0.15) is 285 Å². The second kappa shape index (κ2) is 59.3. The van der Waals surface area contributed by atoms with E-state index in [1.54, 1.807) is 0 Å². The van der Waals surface area contributed by atoms with Crippen LogP contribution in [0, 0.1) is 0 Å². The Balaban J connectivity index is -0.000000267. The van der Waals surface area contributed by atoms with Crippen LogP contribution < -0.4 is 46.4 Å². The molecule has 1 heterocycles. The number of aryl methyl sites for hydroxylation is 1. The van der Waals surface area contributed by atoms with Crippen molar-refractivity contribution in [3.05, 3.63) is 30.6 Å². The predicted octanol–water partition coefficient (Wildman–Crippen LogP) is 9.43. The molecule has 1 rings (SSSR count). The Morgan fingerprint density at radius 1 is 0.281 bits per heavy atom. The average Bonchev–Trinajstić information content (AvgIpc) is 3.24. The van der Waals surface area contributed by atoms with Crippen molar-refractivity contribution in [2.24, 2.45) is 0 Å². The van der Waals surface area contributed by atoms with Crippen molar-refractivity contribution in [3.63, 3.8) is 0 Å². The molecule has 388 valence electrons. The predicted molar refractivity (Wildman–Crippen MR) is 279 cm³/mol. The fourth-order valence-corrected chi connectivity index (χ4v) is 8.61. The van der Waals surface area contributed by atoms with Gasteiger partial charge in [0.2, 0.25) is 0 Å². The van der Waals surface area contributed by atoms with E-state index < -0.39 is 0 Å². The summed E-state index contributed by atoms with van der Waals surface area (Å²) in [6, 6.07) is 6.31. The highest BCUT2D eigenvalue weighted by Gasteiger charge is 2.13. The molecule has 0 saturated carbocycles. The summed E-state index contributed by atoms with van der Waals surface area (Å²) in [5.74, 6) is 0. The van der Waals surface area contributed by atoms with Crippen LogP contribution in [0.4, 0.5) is 0 Å². The van der Waals surface area contributed by atoms with E-state index in [9.17, 15) is 0 Å². The van der Waals surface area contributed by atoms with Gasteiger partial charge >= 0.3 is 0 Å². The lowest BCUT2D eigenvalue weighted by Crippen LogP contribution is -3.00. The second-order valence-electron chi connectivity index (χ2n) is 21.2. The van der Waals surface area contributed by atoms with Crippen LogP contribution in [-0.4, -0.2) is 63.8 Å². The lowest BCUT2D eigenvalue weighted by molar-refractivity contribution is -0.890. The topological polar surface area (TPSA) is 3.88 Å². The molecule has 0 atom stereocenters. The molecule has 1 aromatic rings. The molecule has 3 nitrogen and oxygen atoms in total. The Morgan fingerprint density at radius 3 is 0.750 bits per heavy atom. The van der Waals surface area contributed by atoms with Crippen molar-refractivity contribution < 1.29 is 55.3 Å². The molecule has 0 aliphatic carbocycles. The van der Waals surface area contributed by atoms with Crippen LogP contribution in [0.25, 0.3) is 0 Å². The van der Waals surface area contributed by atoms with Crippen LogP contribution in [0.2, 0.25) is 0 Å². The molecular weight excluding hydrogens is 889 g/mol.